The van der Waals surface area contributed by atoms with Crippen molar-refractivity contribution < 1.29 is 33.4 Å². The zero-order valence-electron chi connectivity index (χ0n) is 25.2. The van der Waals surface area contributed by atoms with E-state index in [9.17, 15) is 24.0 Å². The monoisotopic (exact) mass is 572 g/mol. The summed E-state index contributed by atoms with van der Waals surface area (Å²) >= 11 is 1.81. The van der Waals surface area contributed by atoms with Gasteiger partial charge >= 0.3 is 0 Å². The molecule has 1 atom stereocenters. The Hall–Kier alpha value is -1.78. The van der Waals surface area contributed by atoms with E-state index in [1.54, 1.807) is 0 Å². The first-order valence-corrected chi connectivity index (χ1v) is 15.4. The van der Waals surface area contributed by atoms with Crippen molar-refractivity contribution in [3.05, 3.63) is 0 Å². The Balaban J connectivity index is 0.000000768. The smallest absolute Gasteiger partial charge is 0.223 e. The summed E-state index contributed by atoms with van der Waals surface area (Å²) in [6.07, 6.45) is 3.84. The Morgan fingerprint density at radius 1 is 0.795 bits per heavy atom. The van der Waals surface area contributed by atoms with Gasteiger partial charge in [-0.05, 0) is 38.9 Å². The Kier molecular flexibility index (Phi) is 20.1. The molecular formula is C29H52N2O7S. The van der Waals surface area contributed by atoms with Crippen LogP contribution in [0.4, 0.5) is 0 Å². The molecule has 0 heterocycles. The first-order chi connectivity index (χ1) is 18.3. The quantitative estimate of drug-likeness (QED) is 0.210. The van der Waals surface area contributed by atoms with Crippen molar-refractivity contribution in [1.82, 2.24) is 10.6 Å². The summed E-state index contributed by atoms with van der Waals surface area (Å²) in [5.41, 5.74) is -0.640. The minimum absolute atomic E-state index is 0.0111. The highest BCUT2D eigenvalue weighted by Crippen LogP contribution is 2.34. The average Bonchev–Trinajstić information content (AvgIpc) is 2.84. The second-order valence-electron chi connectivity index (χ2n) is 10.7. The number of hydrogen-bond acceptors (Lipinski definition) is 8. The van der Waals surface area contributed by atoms with Crippen molar-refractivity contribution >= 4 is 40.9 Å². The second kappa shape index (κ2) is 21.0. The number of hydrogen-bond donors (Lipinski definition) is 2. The van der Waals surface area contributed by atoms with Gasteiger partial charge in [0.2, 0.25) is 11.8 Å². The first kappa shape index (κ1) is 37.2. The summed E-state index contributed by atoms with van der Waals surface area (Å²) < 4.78 is 10.5. The summed E-state index contributed by atoms with van der Waals surface area (Å²) in [4.78, 5) is 57.7. The molecule has 1 rings (SSSR count). The predicted molar refractivity (Wildman–Crippen MR) is 156 cm³/mol. The highest BCUT2D eigenvalue weighted by Gasteiger charge is 2.45. The Labute approximate surface area is 239 Å². The third-order valence-electron chi connectivity index (χ3n) is 6.24. The van der Waals surface area contributed by atoms with E-state index in [0.29, 0.717) is 39.1 Å². The molecule has 0 bridgehead atoms. The van der Waals surface area contributed by atoms with Crippen LogP contribution in [-0.2, 0) is 33.4 Å². The summed E-state index contributed by atoms with van der Waals surface area (Å²) in [6.45, 7) is 14.5. The molecule has 1 aliphatic rings. The van der Waals surface area contributed by atoms with Gasteiger partial charge in [-0.1, -0.05) is 34.6 Å². The Morgan fingerprint density at radius 2 is 1.33 bits per heavy atom. The Bertz CT molecular complexity index is 767. The van der Waals surface area contributed by atoms with Gasteiger partial charge in [-0.3, -0.25) is 24.0 Å². The fourth-order valence-electron chi connectivity index (χ4n) is 3.74. The third-order valence-corrected chi connectivity index (χ3v) is 7.39. The number of carbonyl (C=O) groups is 5. The van der Waals surface area contributed by atoms with Crippen LogP contribution in [0.3, 0.4) is 0 Å². The van der Waals surface area contributed by atoms with Gasteiger partial charge in [0.25, 0.3) is 0 Å². The van der Waals surface area contributed by atoms with Gasteiger partial charge in [0, 0.05) is 49.3 Å². The maximum Gasteiger partial charge on any atom is 0.223 e. The molecule has 1 unspecified atom stereocenters. The maximum atomic E-state index is 12.2. The van der Waals surface area contributed by atoms with Gasteiger partial charge in [0.1, 0.15) is 11.6 Å². The summed E-state index contributed by atoms with van der Waals surface area (Å²) in [6, 6.07) is 0.199. The first-order valence-electron chi connectivity index (χ1n) is 14.2. The lowest BCUT2D eigenvalue weighted by molar-refractivity contribution is -0.138. The normalized spacial score (nSPS) is 14.6. The van der Waals surface area contributed by atoms with Gasteiger partial charge < -0.3 is 20.1 Å². The lowest BCUT2D eigenvalue weighted by Gasteiger charge is -2.42. The van der Waals surface area contributed by atoms with Crippen molar-refractivity contribution in [3.8, 4) is 0 Å². The van der Waals surface area contributed by atoms with Crippen LogP contribution >= 0.6 is 11.8 Å². The minimum atomic E-state index is -0.640. The van der Waals surface area contributed by atoms with E-state index in [2.05, 4.69) is 17.6 Å². The standard InChI is InChI=1S/C17H29NO4.C12H23NO3S/c1-12(2)14(19)6-10-22-11-7-15(20)18-17(8-5-9-17)16(21)13(3)4;1-4-17-9-10(2)13-12(15)6-8-16-7-5-11(3)14/h12-13H,5-11H2,1-4H3,(H,18,20);10H,4-9H2,1-3H3,(H,13,15). The maximum absolute atomic E-state index is 12.2. The van der Waals surface area contributed by atoms with Crippen LogP contribution in [0.15, 0.2) is 0 Å². The van der Waals surface area contributed by atoms with Crippen LogP contribution in [0.1, 0.15) is 93.4 Å². The molecule has 0 spiro atoms. The van der Waals surface area contributed by atoms with E-state index in [1.807, 2.05) is 46.4 Å². The number of ketones is 3. The van der Waals surface area contributed by atoms with E-state index in [-0.39, 0.29) is 60.1 Å². The number of thioether (sulfide) groups is 1. The fourth-order valence-corrected chi connectivity index (χ4v) is 4.41. The molecule has 39 heavy (non-hydrogen) atoms. The van der Waals surface area contributed by atoms with Crippen LogP contribution in [0.2, 0.25) is 0 Å². The molecule has 2 amide bonds. The third kappa shape index (κ3) is 17.5. The molecule has 2 N–H and O–H groups in total. The van der Waals surface area contributed by atoms with E-state index in [1.165, 1.54) is 6.92 Å². The summed E-state index contributed by atoms with van der Waals surface area (Å²) in [5.74, 6) is 2.21. The molecule has 1 aliphatic carbocycles. The molecular weight excluding hydrogens is 520 g/mol. The van der Waals surface area contributed by atoms with Crippen LogP contribution in [0, 0.1) is 11.8 Å². The number of rotatable bonds is 20. The fraction of sp³-hybridized carbons (Fsp3) is 0.828. The summed E-state index contributed by atoms with van der Waals surface area (Å²) in [7, 11) is 0. The molecule has 10 heteroatoms. The lowest BCUT2D eigenvalue weighted by Crippen LogP contribution is -2.60. The van der Waals surface area contributed by atoms with Crippen molar-refractivity contribution in [3.63, 3.8) is 0 Å². The predicted octanol–water partition coefficient (Wildman–Crippen LogP) is 3.90. The van der Waals surface area contributed by atoms with Crippen LogP contribution in [0.5, 0.6) is 0 Å². The largest absolute Gasteiger partial charge is 0.380 e. The summed E-state index contributed by atoms with van der Waals surface area (Å²) in [5, 5.41) is 5.80. The second-order valence-corrected chi connectivity index (χ2v) is 12.0. The van der Waals surface area contributed by atoms with Crippen LogP contribution in [0.25, 0.3) is 0 Å². The van der Waals surface area contributed by atoms with Crippen LogP contribution < -0.4 is 10.6 Å². The molecule has 9 nitrogen and oxygen atoms in total. The molecule has 0 aromatic carbocycles. The van der Waals surface area contributed by atoms with Gasteiger partial charge in [0.05, 0.1) is 32.0 Å². The number of Topliss-reactive ketones (excluding diaryl/α,β-unsaturated/α-hetero) is 3. The zero-order chi connectivity index (χ0) is 29.8. The highest BCUT2D eigenvalue weighted by atomic mass is 32.2. The van der Waals surface area contributed by atoms with E-state index in [4.69, 9.17) is 9.47 Å². The molecule has 0 saturated heterocycles. The topological polar surface area (TPSA) is 128 Å². The highest BCUT2D eigenvalue weighted by molar-refractivity contribution is 7.99. The van der Waals surface area contributed by atoms with Crippen LogP contribution in [-0.4, -0.2) is 78.7 Å². The van der Waals surface area contributed by atoms with Crippen molar-refractivity contribution in [2.24, 2.45) is 11.8 Å². The van der Waals surface area contributed by atoms with E-state index < -0.39 is 5.54 Å². The van der Waals surface area contributed by atoms with Gasteiger partial charge in [-0.2, -0.15) is 11.8 Å². The molecule has 226 valence electrons. The number of amides is 2. The number of ether oxygens (including phenoxy) is 2. The van der Waals surface area contributed by atoms with E-state index in [0.717, 1.165) is 30.8 Å². The Morgan fingerprint density at radius 3 is 1.79 bits per heavy atom. The van der Waals surface area contributed by atoms with Gasteiger partial charge in [-0.15, -0.1) is 0 Å². The molecule has 1 fully saturated rings. The molecule has 0 aromatic heterocycles. The zero-order valence-corrected chi connectivity index (χ0v) is 26.0. The van der Waals surface area contributed by atoms with Crippen molar-refractivity contribution in [2.45, 2.75) is 105 Å². The minimum Gasteiger partial charge on any atom is -0.380 e. The lowest BCUT2D eigenvalue weighted by atomic mass is 9.70. The van der Waals surface area contributed by atoms with Crippen molar-refractivity contribution in [2.75, 3.05) is 37.9 Å². The number of nitrogens with one attached hydrogen (secondary N) is 2. The molecule has 0 aromatic rings. The van der Waals surface area contributed by atoms with Crippen molar-refractivity contribution in [1.29, 1.82) is 0 Å². The molecule has 0 aliphatic heterocycles. The average molecular weight is 573 g/mol. The van der Waals surface area contributed by atoms with E-state index >= 15 is 0 Å². The number of carbonyl (C=O) groups excluding carboxylic acids is 5. The SMILES string of the molecule is CC(C)C(=O)CCOCCC(=O)NC1(C(=O)C(C)C)CCC1.CCSCC(C)NC(=O)CCOCCC(C)=O. The molecule has 1 saturated carbocycles. The van der Waals surface area contributed by atoms with Gasteiger partial charge in [-0.25, -0.2) is 0 Å². The molecule has 0 radical (unpaired) electrons. The van der Waals surface area contributed by atoms with Gasteiger partial charge in [0.15, 0.2) is 5.78 Å².